The van der Waals surface area contributed by atoms with Gasteiger partial charge in [0.25, 0.3) is 5.91 Å². The van der Waals surface area contributed by atoms with E-state index in [1.54, 1.807) is 4.90 Å². The van der Waals surface area contributed by atoms with Crippen LogP contribution in [0.1, 0.15) is 28.0 Å². The van der Waals surface area contributed by atoms with Crippen molar-refractivity contribution in [2.24, 2.45) is 5.73 Å². The lowest BCUT2D eigenvalue weighted by molar-refractivity contribution is -0.133. The lowest BCUT2D eigenvalue weighted by Gasteiger charge is -2.32. The van der Waals surface area contributed by atoms with Crippen LogP contribution in [0, 0.1) is 0 Å². The van der Waals surface area contributed by atoms with E-state index >= 15 is 0 Å². The molecule has 1 aromatic carbocycles. The maximum Gasteiger partial charge on any atom is 0.255 e. The third-order valence-electron chi connectivity index (χ3n) is 4.80. The minimum Gasteiger partial charge on any atom is -0.367 e. The number of hydrogen-bond acceptors (Lipinski definition) is 4. The predicted octanol–water partition coefficient (Wildman–Crippen LogP) is 1.05. The number of morpholine rings is 1. The minimum absolute atomic E-state index is 0.0544. The van der Waals surface area contributed by atoms with E-state index in [4.69, 9.17) is 15.5 Å². The normalized spacial score (nSPS) is 20.2. The molecule has 1 atom stereocenters. The Kier molecular flexibility index (Phi) is 3.69. The number of amides is 2. The quantitative estimate of drug-likeness (QED) is 0.894. The number of hydrogen-bond donors (Lipinski definition) is 1. The number of fused-ring (bicyclic) bond motifs is 2. The second-order valence-electron chi connectivity index (χ2n) is 6.30. The van der Waals surface area contributed by atoms with Gasteiger partial charge in [-0.3, -0.25) is 14.6 Å². The Morgan fingerprint density at radius 3 is 2.92 bits per heavy atom. The first-order chi connectivity index (χ1) is 11.6. The number of nitrogens with zero attached hydrogens (tertiary/aromatic N) is 2. The van der Waals surface area contributed by atoms with Gasteiger partial charge in [0.1, 0.15) is 0 Å². The molecule has 0 radical (unpaired) electrons. The second-order valence-corrected chi connectivity index (χ2v) is 6.30. The van der Waals surface area contributed by atoms with Gasteiger partial charge in [0.15, 0.2) is 6.10 Å². The van der Waals surface area contributed by atoms with Gasteiger partial charge in [0.05, 0.1) is 24.2 Å². The summed E-state index contributed by atoms with van der Waals surface area (Å²) in [5.74, 6) is -0.585. The maximum atomic E-state index is 13.2. The average Bonchev–Trinajstić information content (AvgIpc) is 3.07. The van der Waals surface area contributed by atoms with Gasteiger partial charge >= 0.3 is 0 Å². The fourth-order valence-electron chi connectivity index (χ4n) is 3.62. The molecule has 1 aromatic heterocycles. The third kappa shape index (κ3) is 2.43. The number of nitrogens with two attached hydrogens (primary N) is 1. The zero-order chi connectivity index (χ0) is 16.7. The van der Waals surface area contributed by atoms with Crippen LogP contribution < -0.4 is 5.73 Å². The molecule has 1 saturated heterocycles. The third-order valence-corrected chi connectivity index (χ3v) is 4.80. The molecule has 1 fully saturated rings. The van der Waals surface area contributed by atoms with Crippen LogP contribution in [0.15, 0.2) is 24.3 Å². The van der Waals surface area contributed by atoms with Gasteiger partial charge in [-0.25, -0.2) is 0 Å². The van der Waals surface area contributed by atoms with Crippen LogP contribution in [0.25, 0.3) is 10.9 Å². The van der Waals surface area contributed by atoms with Crippen LogP contribution in [0.2, 0.25) is 0 Å². The van der Waals surface area contributed by atoms with Crippen LogP contribution in [0.5, 0.6) is 0 Å². The van der Waals surface area contributed by atoms with Crippen LogP contribution >= 0.6 is 0 Å². The maximum absolute atomic E-state index is 13.2. The van der Waals surface area contributed by atoms with Crippen molar-refractivity contribution in [3.05, 3.63) is 41.1 Å². The molecule has 6 heteroatoms. The first-order valence-electron chi connectivity index (χ1n) is 8.26. The highest BCUT2D eigenvalue weighted by atomic mass is 16.5. The highest BCUT2D eigenvalue weighted by molar-refractivity contribution is 6.08. The summed E-state index contributed by atoms with van der Waals surface area (Å²) in [5, 5.41) is 0.880. The molecule has 0 bridgehead atoms. The van der Waals surface area contributed by atoms with Gasteiger partial charge in [-0.15, -0.1) is 0 Å². The van der Waals surface area contributed by atoms with Crippen molar-refractivity contribution >= 4 is 22.7 Å². The summed E-state index contributed by atoms with van der Waals surface area (Å²) >= 11 is 0. The van der Waals surface area contributed by atoms with Crippen molar-refractivity contribution in [2.45, 2.75) is 25.4 Å². The number of aromatic nitrogens is 1. The Balaban J connectivity index is 1.78. The fourth-order valence-corrected chi connectivity index (χ4v) is 3.62. The van der Waals surface area contributed by atoms with E-state index in [0.29, 0.717) is 13.2 Å². The number of carbonyl (C=O) groups excluding carboxylic acids is 2. The molecule has 1 aliphatic carbocycles. The number of primary amides is 1. The zero-order valence-corrected chi connectivity index (χ0v) is 13.3. The molecule has 0 spiro atoms. The molecule has 2 N–H and O–H groups in total. The van der Waals surface area contributed by atoms with Gasteiger partial charge < -0.3 is 15.4 Å². The highest BCUT2D eigenvalue weighted by Crippen LogP contribution is 2.31. The van der Waals surface area contributed by atoms with Crippen molar-refractivity contribution in [2.75, 3.05) is 19.7 Å². The summed E-state index contributed by atoms with van der Waals surface area (Å²) in [4.78, 5) is 31.0. The molecule has 124 valence electrons. The Labute approximate surface area is 139 Å². The number of carbonyl (C=O) groups is 2. The van der Waals surface area contributed by atoms with Gasteiger partial charge in [0, 0.05) is 17.6 Å². The Bertz CT molecular complexity index is 834. The van der Waals surface area contributed by atoms with Crippen LogP contribution in [-0.4, -0.2) is 47.5 Å². The molecule has 24 heavy (non-hydrogen) atoms. The molecule has 1 aliphatic heterocycles. The SMILES string of the molecule is NC(=O)C1CN(C(=O)c2c3c(nc4ccccc24)CCC3)CCO1. The van der Waals surface area contributed by atoms with E-state index < -0.39 is 12.0 Å². The molecule has 2 heterocycles. The van der Waals surface area contributed by atoms with E-state index in [1.165, 1.54) is 0 Å². The summed E-state index contributed by atoms with van der Waals surface area (Å²) in [7, 11) is 0. The van der Waals surface area contributed by atoms with Crippen LogP contribution in [0.3, 0.4) is 0 Å². The fraction of sp³-hybridized carbons (Fsp3) is 0.389. The predicted molar refractivity (Wildman–Crippen MR) is 88.6 cm³/mol. The van der Waals surface area contributed by atoms with E-state index in [0.717, 1.165) is 47.0 Å². The Morgan fingerprint density at radius 2 is 2.08 bits per heavy atom. The number of pyridine rings is 1. The second kappa shape index (κ2) is 5.87. The number of benzene rings is 1. The largest absolute Gasteiger partial charge is 0.367 e. The molecule has 2 aliphatic rings. The number of para-hydroxylation sites is 1. The van der Waals surface area contributed by atoms with Gasteiger partial charge in [-0.1, -0.05) is 18.2 Å². The molecule has 2 amide bonds. The van der Waals surface area contributed by atoms with Crippen molar-refractivity contribution in [3.8, 4) is 0 Å². The summed E-state index contributed by atoms with van der Waals surface area (Å²) < 4.78 is 5.36. The van der Waals surface area contributed by atoms with Crippen LogP contribution in [0.4, 0.5) is 0 Å². The summed E-state index contributed by atoms with van der Waals surface area (Å²) in [6.45, 7) is 0.998. The summed E-state index contributed by atoms with van der Waals surface area (Å²) in [5.41, 5.74) is 9.00. The first kappa shape index (κ1) is 15.1. The van der Waals surface area contributed by atoms with Crippen LogP contribution in [-0.2, 0) is 22.4 Å². The molecule has 2 aromatic rings. The van der Waals surface area contributed by atoms with Crippen molar-refractivity contribution < 1.29 is 14.3 Å². The highest BCUT2D eigenvalue weighted by Gasteiger charge is 2.31. The Morgan fingerprint density at radius 1 is 1.25 bits per heavy atom. The standard InChI is InChI=1S/C18H19N3O3/c19-17(22)15-10-21(8-9-24-15)18(23)16-11-4-1-2-6-13(11)20-14-7-3-5-12(14)16/h1-2,4,6,15H,3,5,7-10H2,(H2,19,22). The molecule has 6 nitrogen and oxygen atoms in total. The van der Waals surface area contributed by atoms with Gasteiger partial charge in [-0.2, -0.15) is 0 Å². The zero-order valence-electron chi connectivity index (χ0n) is 13.3. The molecule has 0 saturated carbocycles. The summed E-state index contributed by atoms with van der Waals surface area (Å²) in [6, 6.07) is 7.74. The topological polar surface area (TPSA) is 85.5 Å². The van der Waals surface area contributed by atoms with Crippen molar-refractivity contribution in [3.63, 3.8) is 0 Å². The number of aryl methyl sites for hydroxylation is 1. The Hall–Kier alpha value is -2.47. The van der Waals surface area contributed by atoms with E-state index in [9.17, 15) is 9.59 Å². The molecule has 1 unspecified atom stereocenters. The average molecular weight is 325 g/mol. The van der Waals surface area contributed by atoms with E-state index in [2.05, 4.69) is 0 Å². The minimum atomic E-state index is -0.733. The van der Waals surface area contributed by atoms with Gasteiger partial charge in [0.2, 0.25) is 5.91 Å². The number of ether oxygens (including phenoxy) is 1. The monoisotopic (exact) mass is 325 g/mol. The smallest absolute Gasteiger partial charge is 0.255 e. The van der Waals surface area contributed by atoms with Crippen molar-refractivity contribution in [1.82, 2.24) is 9.88 Å². The van der Waals surface area contributed by atoms with Crippen molar-refractivity contribution in [1.29, 1.82) is 0 Å². The van der Waals surface area contributed by atoms with E-state index in [1.807, 2.05) is 24.3 Å². The molecular weight excluding hydrogens is 306 g/mol. The van der Waals surface area contributed by atoms with Gasteiger partial charge in [-0.05, 0) is 30.9 Å². The lowest BCUT2D eigenvalue weighted by atomic mass is 9.99. The number of rotatable bonds is 2. The lowest BCUT2D eigenvalue weighted by Crippen LogP contribution is -2.50. The molecular formula is C18H19N3O3. The van der Waals surface area contributed by atoms with E-state index in [-0.39, 0.29) is 12.5 Å². The summed E-state index contributed by atoms with van der Waals surface area (Å²) in [6.07, 6.45) is 2.07. The molecule has 4 rings (SSSR count). The first-order valence-corrected chi connectivity index (χ1v) is 8.26.